The second-order valence-corrected chi connectivity index (χ2v) is 5.37. The summed E-state index contributed by atoms with van der Waals surface area (Å²) in [6, 6.07) is 0. The molecule has 5 heteroatoms. The van der Waals surface area contributed by atoms with Crippen LogP contribution in [0, 0.1) is 17.3 Å². The van der Waals surface area contributed by atoms with Crippen molar-refractivity contribution in [2.24, 2.45) is 17.3 Å². The molecule has 2 saturated heterocycles. The molecule has 5 nitrogen and oxygen atoms in total. The third-order valence-electron chi connectivity index (χ3n) is 3.84. The Balaban J connectivity index is 2.23. The Morgan fingerprint density at radius 1 is 1.12 bits per heavy atom. The van der Waals surface area contributed by atoms with Crippen LogP contribution in [0.2, 0.25) is 0 Å². The van der Waals surface area contributed by atoms with E-state index >= 15 is 0 Å². The molecule has 2 rings (SSSR count). The predicted octanol–water partition coefficient (Wildman–Crippen LogP) is -0.146. The number of ketones is 1. The number of amides is 2. The molecule has 0 saturated carbocycles. The van der Waals surface area contributed by atoms with Gasteiger partial charge in [0.25, 0.3) is 0 Å². The van der Waals surface area contributed by atoms with Crippen molar-refractivity contribution < 1.29 is 14.4 Å². The molecule has 0 aromatic rings. The van der Waals surface area contributed by atoms with E-state index in [1.807, 2.05) is 0 Å². The monoisotopic (exact) mass is 238 g/mol. The van der Waals surface area contributed by atoms with Crippen LogP contribution in [-0.4, -0.2) is 30.7 Å². The van der Waals surface area contributed by atoms with Gasteiger partial charge in [-0.15, -0.1) is 0 Å². The van der Waals surface area contributed by atoms with Crippen LogP contribution in [0.5, 0.6) is 0 Å². The summed E-state index contributed by atoms with van der Waals surface area (Å²) in [6.45, 7) is 4.84. The zero-order valence-corrected chi connectivity index (χ0v) is 10.2. The zero-order valence-electron chi connectivity index (χ0n) is 10.2. The van der Waals surface area contributed by atoms with Crippen molar-refractivity contribution in [3.8, 4) is 0 Å². The first-order chi connectivity index (χ1) is 7.94. The molecule has 94 valence electrons. The minimum Gasteiger partial charge on any atom is -0.317 e. The highest BCUT2D eigenvalue weighted by atomic mass is 16.2. The van der Waals surface area contributed by atoms with Crippen LogP contribution < -0.4 is 10.6 Å². The van der Waals surface area contributed by atoms with Gasteiger partial charge in [-0.1, -0.05) is 0 Å². The Hall–Kier alpha value is -1.23. The maximum atomic E-state index is 12.3. The van der Waals surface area contributed by atoms with Gasteiger partial charge < -0.3 is 5.32 Å². The Morgan fingerprint density at radius 3 is 2.29 bits per heavy atom. The normalized spacial score (nSPS) is 30.2. The Kier molecular flexibility index (Phi) is 3.03. The number of imide groups is 1. The van der Waals surface area contributed by atoms with Crippen molar-refractivity contribution in [1.29, 1.82) is 0 Å². The molecule has 0 bridgehead atoms. The van der Waals surface area contributed by atoms with E-state index in [-0.39, 0.29) is 11.7 Å². The van der Waals surface area contributed by atoms with Crippen LogP contribution in [0.1, 0.15) is 26.7 Å². The van der Waals surface area contributed by atoms with E-state index in [0.717, 1.165) is 25.9 Å². The maximum Gasteiger partial charge on any atom is 0.239 e. The molecule has 1 unspecified atom stereocenters. The van der Waals surface area contributed by atoms with E-state index < -0.39 is 23.1 Å². The van der Waals surface area contributed by atoms with Crippen LogP contribution in [0.15, 0.2) is 0 Å². The first-order valence-corrected chi connectivity index (χ1v) is 6.05. The summed E-state index contributed by atoms with van der Waals surface area (Å²) in [7, 11) is 0. The molecule has 17 heavy (non-hydrogen) atoms. The van der Waals surface area contributed by atoms with Gasteiger partial charge in [-0.25, -0.2) is 0 Å². The van der Waals surface area contributed by atoms with Gasteiger partial charge in [0.1, 0.15) is 11.3 Å². The number of piperidine rings is 2. The van der Waals surface area contributed by atoms with Crippen molar-refractivity contribution in [3.63, 3.8) is 0 Å². The molecular weight excluding hydrogens is 220 g/mol. The molecule has 2 aliphatic heterocycles. The van der Waals surface area contributed by atoms with Gasteiger partial charge in [0.2, 0.25) is 11.8 Å². The molecule has 0 aliphatic carbocycles. The lowest BCUT2D eigenvalue weighted by molar-refractivity contribution is -0.155. The summed E-state index contributed by atoms with van der Waals surface area (Å²) in [5, 5.41) is 5.53. The predicted molar refractivity (Wildman–Crippen MR) is 61.0 cm³/mol. The summed E-state index contributed by atoms with van der Waals surface area (Å²) in [5.41, 5.74) is -1.08. The molecule has 0 aromatic carbocycles. The average Bonchev–Trinajstić information content (AvgIpc) is 2.28. The second kappa shape index (κ2) is 4.22. The Bertz CT molecular complexity index is 370. The fourth-order valence-electron chi connectivity index (χ4n) is 2.57. The maximum absolute atomic E-state index is 12.3. The van der Waals surface area contributed by atoms with Crippen molar-refractivity contribution >= 4 is 17.6 Å². The van der Waals surface area contributed by atoms with E-state index in [0.29, 0.717) is 0 Å². The van der Waals surface area contributed by atoms with Crippen molar-refractivity contribution in [1.82, 2.24) is 10.6 Å². The average molecular weight is 238 g/mol. The first kappa shape index (κ1) is 12.2. The number of Topliss-reactive ketones (excluding diaryl/α,β-unsaturated/α-hetero) is 1. The molecule has 0 radical (unpaired) electrons. The SMILES string of the molecule is CC1(C)C(=O)NC(=O)C(C2CCNCC2)C1=O. The zero-order chi connectivity index (χ0) is 12.6. The lowest BCUT2D eigenvalue weighted by Crippen LogP contribution is -2.59. The van der Waals surface area contributed by atoms with Crippen molar-refractivity contribution in [3.05, 3.63) is 0 Å². The molecule has 2 fully saturated rings. The highest BCUT2D eigenvalue weighted by Crippen LogP contribution is 2.33. The number of carbonyl (C=O) groups is 3. The van der Waals surface area contributed by atoms with Crippen molar-refractivity contribution in [2.45, 2.75) is 26.7 Å². The van der Waals surface area contributed by atoms with Crippen LogP contribution >= 0.6 is 0 Å². The molecule has 2 N–H and O–H groups in total. The van der Waals surface area contributed by atoms with E-state index in [1.165, 1.54) is 0 Å². The van der Waals surface area contributed by atoms with Crippen LogP contribution in [-0.2, 0) is 14.4 Å². The van der Waals surface area contributed by atoms with Crippen molar-refractivity contribution in [2.75, 3.05) is 13.1 Å². The third kappa shape index (κ3) is 1.99. The molecular formula is C12H18N2O3. The fourth-order valence-corrected chi connectivity index (χ4v) is 2.57. The Morgan fingerprint density at radius 2 is 1.71 bits per heavy atom. The molecule has 1 atom stereocenters. The lowest BCUT2D eigenvalue weighted by atomic mass is 9.70. The summed E-state index contributed by atoms with van der Waals surface area (Å²) in [5.74, 6) is -1.69. The topological polar surface area (TPSA) is 75.3 Å². The number of nitrogens with one attached hydrogen (secondary N) is 2. The second-order valence-electron chi connectivity index (χ2n) is 5.37. The van der Waals surface area contributed by atoms with Crippen LogP contribution in [0.25, 0.3) is 0 Å². The molecule has 0 spiro atoms. The Labute approximate surface area is 100 Å². The fraction of sp³-hybridized carbons (Fsp3) is 0.750. The van der Waals surface area contributed by atoms with Gasteiger partial charge in [-0.3, -0.25) is 19.7 Å². The number of rotatable bonds is 1. The third-order valence-corrected chi connectivity index (χ3v) is 3.84. The van der Waals surface area contributed by atoms with Gasteiger partial charge in [-0.05, 0) is 45.7 Å². The van der Waals surface area contributed by atoms with E-state index in [2.05, 4.69) is 10.6 Å². The molecule has 2 heterocycles. The van der Waals surface area contributed by atoms with Gasteiger partial charge in [-0.2, -0.15) is 0 Å². The highest BCUT2D eigenvalue weighted by molar-refractivity contribution is 6.22. The van der Waals surface area contributed by atoms with Gasteiger partial charge in [0.05, 0.1) is 0 Å². The number of hydrogen-bond donors (Lipinski definition) is 2. The summed E-state index contributed by atoms with van der Waals surface area (Å²) in [4.78, 5) is 35.7. The lowest BCUT2D eigenvalue weighted by Gasteiger charge is -2.37. The van der Waals surface area contributed by atoms with E-state index in [9.17, 15) is 14.4 Å². The largest absolute Gasteiger partial charge is 0.317 e. The molecule has 2 aliphatic rings. The molecule has 2 amide bonds. The minimum atomic E-state index is -1.08. The first-order valence-electron chi connectivity index (χ1n) is 6.05. The quantitative estimate of drug-likeness (QED) is 0.492. The minimum absolute atomic E-state index is 0.0659. The van der Waals surface area contributed by atoms with Gasteiger partial charge in [0.15, 0.2) is 5.78 Å². The molecule has 0 aromatic heterocycles. The summed E-state index contributed by atoms with van der Waals surface area (Å²) < 4.78 is 0. The van der Waals surface area contributed by atoms with E-state index in [4.69, 9.17) is 0 Å². The standard InChI is InChI=1S/C12H18N2O3/c1-12(2)9(15)8(10(16)14-11(12)17)7-3-5-13-6-4-7/h7-8,13H,3-6H2,1-2H3,(H,14,16,17). The number of hydrogen-bond acceptors (Lipinski definition) is 4. The summed E-state index contributed by atoms with van der Waals surface area (Å²) in [6.07, 6.45) is 1.63. The summed E-state index contributed by atoms with van der Waals surface area (Å²) >= 11 is 0. The van der Waals surface area contributed by atoms with Gasteiger partial charge >= 0.3 is 0 Å². The van der Waals surface area contributed by atoms with Gasteiger partial charge in [0, 0.05) is 0 Å². The highest BCUT2D eigenvalue weighted by Gasteiger charge is 2.50. The van der Waals surface area contributed by atoms with E-state index in [1.54, 1.807) is 13.8 Å². The van der Waals surface area contributed by atoms with Crippen LogP contribution in [0.4, 0.5) is 0 Å². The van der Waals surface area contributed by atoms with Crippen LogP contribution in [0.3, 0.4) is 0 Å². The smallest absolute Gasteiger partial charge is 0.239 e. The number of carbonyl (C=O) groups excluding carboxylic acids is 3.